The van der Waals surface area contributed by atoms with Crippen LogP contribution in [0.1, 0.15) is 43.0 Å². The zero-order chi connectivity index (χ0) is 19.3. The minimum atomic E-state index is -3.55. The molecule has 0 aliphatic carbocycles. The van der Waals surface area contributed by atoms with Gasteiger partial charge in [0.25, 0.3) is 5.91 Å². The van der Waals surface area contributed by atoms with Crippen molar-refractivity contribution < 1.29 is 22.7 Å². The van der Waals surface area contributed by atoms with E-state index < -0.39 is 16.0 Å². The van der Waals surface area contributed by atoms with Gasteiger partial charge in [0.05, 0.1) is 10.5 Å². The lowest BCUT2D eigenvalue weighted by Gasteiger charge is -2.35. The lowest BCUT2D eigenvalue weighted by molar-refractivity contribution is -0.138. The van der Waals surface area contributed by atoms with E-state index in [1.807, 2.05) is 6.92 Å². The summed E-state index contributed by atoms with van der Waals surface area (Å²) in [5, 5.41) is 0. The lowest BCUT2D eigenvalue weighted by atomic mass is 10.00. The van der Waals surface area contributed by atoms with Gasteiger partial charge < -0.3 is 9.64 Å². The van der Waals surface area contributed by atoms with E-state index in [9.17, 15) is 18.0 Å². The molecule has 0 saturated carbocycles. The monoisotopic (exact) mass is 382 g/mol. The Balaban J connectivity index is 1.96. The van der Waals surface area contributed by atoms with Gasteiger partial charge in [0, 0.05) is 26.7 Å². The van der Waals surface area contributed by atoms with Gasteiger partial charge in [-0.2, -0.15) is 0 Å². The van der Waals surface area contributed by atoms with E-state index in [4.69, 9.17) is 4.74 Å². The SMILES string of the molecule is CCC1CCCCN1C(=O)COC(=O)c1ccc(S(=O)(=O)N(C)C)cc1. The fraction of sp³-hybridized carbons (Fsp3) is 0.556. The van der Waals surface area contributed by atoms with E-state index in [0.717, 1.165) is 30.0 Å². The topological polar surface area (TPSA) is 84.0 Å². The zero-order valence-electron chi connectivity index (χ0n) is 15.5. The minimum Gasteiger partial charge on any atom is -0.452 e. The third-order valence-electron chi connectivity index (χ3n) is 4.61. The number of hydrogen-bond acceptors (Lipinski definition) is 5. The van der Waals surface area contributed by atoms with Gasteiger partial charge in [-0.25, -0.2) is 17.5 Å². The van der Waals surface area contributed by atoms with Crippen molar-refractivity contribution in [3.63, 3.8) is 0 Å². The minimum absolute atomic E-state index is 0.0919. The predicted octanol–water partition coefficient (Wildman–Crippen LogP) is 1.88. The van der Waals surface area contributed by atoms with Crippen LogP contribution in [0.15, 0.2) is 29.2 Å². The quantitative estimate of drug-likeness (QED) is 0.702. The zero-order valence-corrected chi connectivity index (χ0v) is 16.3. The smallest absolute Gasteiger partial charge is 0.338 e. The molecule has 0 radical (unpaired) electrons. The Hall–Kier alpha value is -1.93. The summed E-state index contributed by atoms with van der Waals surface area (Å²) < 4.78 is 30.3. The fourth-order valence-electron chi connectivity index (χ4n) is 3.02. The van der Waals surface area contributed by atoms with Gasteiger partial charge in [-0.05, 0) is 49.9 Å². The molecule has 1 aliphatic heterocycles. The molecule has 0 spiro atoms. The molecule has 1 unspecified atom stereocenters. The first-order valence-electron chi connectivity index (χ1n) is 8.76. The number of benzene rings is 1. The molecule has 7 nitrogen and oxygen atoms in total. The lowest BCUT2D eigenvalue weighted by Crippen LogP contribution is -2.45. The molecule has 1 saturated heterocycles. The summed E-state index contributed by atoms with van der Waals surface area (Å²) in [5.41, 5.74) is 0.209. The molecule has 1 amide bonds. The van der Waals surface area contributed by atoms with Gasteiger partial charge in [-0.1, -0.05) is 6.92 Å². The Labute approximate surface area is 155 Å². The Kier molecular flexibility index (Phi) is 6.77. The first-order chi connectivity index (χ1) is 12.3. The van der Waals surface area contributed by atoms with E-state index in [2.05, 4.69) is 0 Å². The summed E-state index contributed by atoms with van der Waals surface area (Å²) in [6.45, 7) is 2.45. The number of nitrogens with zero attached hydrogens (tertiary/aromatic N) is 2. The van der Waals surface area contributed by atoms with E-state index in [1.165, 1.54) is 38.4 Å². The molecule has 1 fully saturated rings. The van der Waals surface area contributed by atoms with Crippen LogP contribution >= 0.6 is 0 Å². The van der Waals surface area contributed by atoms with Crippen molar-refractivity contribution in [2.45, 2.75) is 43.5 Å². The molecule has 1 aromatic rings. The highest BCUT2D eigenvalue weighted by Gasteiger charge is 2.26. The van der Waals surface area contributed by atoms with Gasteiger partial charge in [0.2, 0.25) is 10.0 Å². The molecule has 1 atom stereocenters. The highest BCUT2D eigenvalue weighted by Crippen LogP contribution is 2.20. The van der Waals surface area contributed by atoms with Crippen LogP contribution in [0.5, 0.6) is 0 Å². The molecule has 0 aromatic heterocycles. The molecule has 8 heteroatoms. The molecule has 1 heterocycles. The summed E-state index contributed by atoms with van der Waals surface area (Å²) in [6, 6.07) is 5.69. The number of hydrogen-bond donors (Lipinski definition) is 0. The second-order valence-electron chi connectivity index (χ2n) is 6.53. The predicted molar refractivity (Wildman–Crippen MR) is 97.2 cm³/mol. The van der Waals surface area contributed by atoms with Crippen molar-refractivity contribution in [1.29, 1.82) is 0 Å². The summed E-state index contributed by atoms with van der Waals surface area (Å²) in [7, 11) is -0.673. The third kappa shape index (κ3) is 4.62. The van der Waals surface area contributed by atoms with Crippen LogP contribution in [0.4, 0.5) is 0 Å². The number of carbonyl (C=O) groups excluding carboxylic acids is 2. The summed E-state index contributed by atoms with van der Waals surface area (Å²) >= 11 is 0. The normalized spacial score (nSPS) is 18.0. The molecule has 0 bridgehead atoms. The Morgan fingerprint density at radius 2 is 1.85 bits per heavy atom. The Morgan fingerprint density at radius 3 is 2.42 bits per heavy atom. The highest BCUT2D eigenvalue weighted by molar-refractivity contribution is 7.89. The van der Waals surface area contributed by atoms with Crippen molar-refractivity contribution in [2.24, 2.45) is 0 Å². The molecular formula is C18H26N2O5S. The Bertz CT molecular complexity index is 743. The van der Waals surface area contributed by atoms with Crippen LogP contribution in [-0.2, 0) is 19.6 Å². The molecule has 1 aliphatic rings. The Morgan fingerprint density at radius 1 is 1.19 bits per heavy atom. The number of sulfonamides is 1. The molecule has 0 N–H and O–H groups in total. The number of piperidine rings is 1. The van der Waals surface area contributed by atoms with E-state index in [0.29, 0.717) is 6.54 Å². The van der Waals surface area contributed by atoms with Crippen molar-refractivity contribution >= 4 is 21.9 Å². The number of likely N-dealkylation sites (tertiary alicyclic amines) is 1. The molecule has 144 valence electrons. The molecular weight excluding hydrogens is 356 g/mol. The van der Waals surface area contributed by atoms with E-state index in [-0.39, 0.29) is 29.0 Å². The summed E-state index contributed by atoms with van der Waals surface area (Å²) in [6.07, 6.45) is 3.96. The van der Waals surface area contributed by atoms with Gasteiger partial charge in [-0.3, -0.25) is 4.79 Å². The van der Waals surface area contributed by atoms with Crippen molar-refractivity contribution in [3.05, 3.63) is 29.8 Å². The maximum atomic E-state index is 12.3. The fourth-order valence-corrected chi connectivity index (χ4v) is 3.92. The van der Waals surface area contributed by atoms with Crippen LogP contribution < -0.4 is 0 Å². The average Bonchev–Trinajstić information content (AvgIpc) is 2.65. The van der Waals surface area contributed by atoms with Gasteiger partial charge in [0.15, 0.2) is 6.61 Å². The molecule has 2 rings (SSSR count). The van der Waals surface area contributed by atoms with Gasteiger partial charge in [0.1, 0.15) is 0 Å². The number of esters is 1. The van der Waals surface area contributed by atoms with Gasteiger partial charge in [-0.15, -0.1) is 0 Å². The summed E-state index contributed by atoms with van der Waals surface area (Å²) in [4.78, 5) is 26.3. The third-order valence-corrected chi connectivity index (χ3v) is 6.44. The van der Waals surface area contributed by atoms with Crippen LogP contribution in [0.3, 0.4) is 0 Å². The number of carbonyl (C=O) groups is 2. The molecule has 26 heavy (non-hydrogen) atoms. The van der Waals surface area contributed by atoms with Crippen molar-refractivity contribution in [3.8, 4) is 0 Å². The largest absolute Gasteiger partial charge is 0.452 e. The van der Waals surface area contributed by atoms with E-state index in [1.54, 1.807) is 4.90 Å². The maximum absolute atomic E-state index is 12.3. The standard InChI is InChI=1S/C18H26N2O5S/c1-4-15-7-5-6-12-20(15)17(21)13-25-18(22)14-8-10-16(11-9-14)26(23,24)19(2)3/h8-11,15H,4-7,12-13H2,1-3H3. The second-order valence-corrected chi connectivity index (χ2v) is 8.68. The second kappa shape index (κ2) is 8.64. The number of rotatable bonds is 6. The first-order valence-corrected chi connectivity index (χ1v) is 10.2. The number of ether oxygens (including phenoxy) is 1. The van der Waals surface area contributed by atoms with Crippen LogP contribution in [0.2, 0.25) is 0 Å². The average molecular weight is 382 g/mol. The van der Waals surface area contributed by atoms with Crippen molar-refractivity contribution in [2.75, 3.05) is 27.2 Å². The van der Waals surface area contributed by atoms with E-state index >= 15 is 0 Å². The summed E-state index contributed by atoms with van der Waals surface area (Å²) in [5.74, 6) is -0.825. The highest BCUT2D eigenvalue weighted by atomic mass is 32.2. The number of amides is 1. The van der Waals surface area contributed by atoms with Crippen LogP contribution in [-0.4, -0.2) is 62.8 Å². The van der Waals surface area contributed by atoms with Crippen LogP contribution in [0, 0.1) is 0 Å². The first kappa shape index (κ1) is 20.4. The molecule has 1 aromatic carbocycles. The maximum Gasteiger partial charge on any atom is 0.338 e. The van der Waals surface area contributed by atoms with Gasteiger partial charge >= 0.3 is 5.97 Å². The van der Waals surface area contributed by atoms with Crippen molar-refractivity contribution in [1.82, 2.24) is 9.21 Å². The van der Waals surface area contributed by atoms with Crippen LogP contribution in [0.25, 0.3) is 0 Å².